The largest absolute Gasteiger partial charge is 0.372 e. The number of nitriles is 1. The summed E-state index contributed by atoms with van der Waals surface area (Å²) < 4.78 is 35.4. The molecule has 4 rings (SSSR count). The minimum atomic E-state index is -3.88. The van der Waals surface area contributed by atoms with Crippen molar-refractivity contribution in [2.45, 2.75) is 24.2 Å². The Balaban J connectivity index is 1.76. The van der Waals surface area contributed by atoms with Gasteiger partial charge in [0.1, 0.15) is 0 Å². The summed E-state index contributed by atoms with van der Waals surface area (Å²) in [6.07, 6.45) is 0. The van der Waals surface area contributed by atoms with Crippen molar-refractivity contribution in [3.63, 3.8) is 0 Å². The third kappa shape index (κ3) is 4.29. The fraction of sp³-hybridized carbons (Fsp3) is 0.136. The smallest absolute Gasteiger partial charge is 0.242 e. The highest BCUT2D eigenvalue weighted by Crippen LogP contribution is 2.32. The van der Waals surface area contributed by atoms with Crippen molar-refractivity contribution in [1.29, 1.82) is 5.26 Å². The maximum atomic E-state index is 13.3. The third-order valence-electron chi connectivity index (χ3n) is 4.91. The van der Waals surface area contributed by atoms with E-state index in [1.807, 2.05) is 0 Å². The van der Waals surface area contributed by atoms with Crippen molar-refractivity contribution < 1.29 is 13.2 Å². The molecule has 30 heavy (non-hydrogen) atoms. The van der Waals surface area contributed by atoms with Crippen LogP contribution in [-0.2, 0) is 28.0 Å². The van der Waals surface area contributed by atoms with Gasteiger partial charge in [0.2, 0.25) is 10.0 Å². The van der Waals surface area contributed by atoms with E-state index in [1.54, 1.807) is 60.7 Å². The van der Waals surface area contributed by atoms with Crippen LogP contribution in [0.25, 0.3) is 0 Å². The van der Waals surface area contributed by atoms with Gasteiger partial charge in [-0.3, -0.25) is 0 Å². The van der Waals surface area contributed by atoms with Crippen molar-refractivity contribution in [2.75, 3.05) is 0 Å². The molecule has 152 valence electrons. The fourth-order valence-electron chi connectivity index (χ4n) is 3.33. The molecule has 0 spiro atoms. The monoisotopic (exact) mass is 502 g/mol. The highest BCUT2D eigenvalue weighted by Gasteiger charge is 2.27. The molecule has 1 N–H and O–H groups in total. The Hall–Kier alpha value is -2.21. The second-order valence-corrected chi connectivity index (χ2v) is 9.86. The Labute approximate surface area is 188 Å². The topological polar surface area (TPSA) is 79.2 Å². The highest BCUT2D eigenvalue weighted by atomic mass is 79.9. The first-order valence-corrected chi connectivity index (χ1v) is 11.7. The van der Waals surface area contributed by atoms with Crippen LogP contribution in [0.5, 0.6) is 0 Å². The van der Waals surface area contributed by atoms with E-state index in [1.165, 1.54) is 0 Å². The molecule has 0 amide bonds. The van der Waals surface area contributed by atoms with E-state index in [9.17, 15) is 8.42 Å². The summed E-state index contributed by atoms with van der Waals surface area (Å²) in [7, 11) is -3.88. The molecule has 0 radical (unpaired) electrons. The van der Waals surface area contributed by atoms with E-state index < -0.39 is 16.1 Å². The third-order valence-corrected chi connectivity index (χ3v) is 7.54. The number of rotatable bonds is 5. The summed E-state index contributed by atoms with van der Waals surface area (Å²) in [5, 5.41) is 9.62. The predicted molar refractivity (Wildman–Crippen MR) is 117 cm³/mol. The Morgan fingerprint density at radius 3 is 2.17 bits per heavy atom. The standard InChI is InChI=1S/C22H16BrClN2O3S/c23-20-9-17-12-29-13-18(17)10-21(20)30(27,28)26-22(16-5-7-19(24)8-6-16)15-3-1-14(11-25)2-4-15/h1-10,22,26H,12-13H2. The number of halogens is 2. The molecular formula is C22H16BrClN2O3S. The molecule has 0 aromatic heterocycles. The lowest BCUT2D eigenvalue weighted by Crippen LogP contribution is -2.30. The van der Waals surface area contributed by atoms with Crippen LogP contribution in [0.4, 0.5) is 0 Å². The first-order valence-electron chi connectivity index (χ1n) is 9.04. The van der Waals surface area contributed by atoms with Crippen LogP contribution in [-0.4, -0.2) is 8.42 Å². The zero-order valence-electron chi connectivity index (χ0n) is 15.6. The van der Waals surface area contributed by atoms with Gasteiger partial charge < -0.3 is 4.74 Å². The SMILES string of the molecule is N#Cc1ccc(C(NS(=O)(=O)c2cc3c(cc2Br)COC3)c2ccc(Cl)cc2)cc1. The van der Waals surface area contributed by atoms with Crippen molar-refractivity contribution in [3.8, 4) is 6.07 Å². The van der Waals surface area contributed by atoms with Gasteiger partial charge in [-0.1, -0.05) is 35.9 Å². The van der Waals surface area contributed by atoms with Gasteiger partial charge in [0.15, 0.2) is 0 Å². The molecule has 8 heteroatoms. The van der Waals surface area contributed by atoms with Gasteiger partial charge in [-0.25, -0.2) is 8.42 Å². The first kappa shape index (κ1) is 21.0. The minimum absolute atomic E-state index is 0.152. The van der Waals surface area contributed by atoms with Gasteiger partial charge in [0.05, 0.1) is 35.8 Å². The van der Waals surface area contributed by atoms with E-state index >= 15 is 0 Å². The zero-order chi connectivity index (χ0) is 21.3. The molecule has 0 saturated heterocycles. The van der Waals surface area contributed by atoms with Crippen molar-refractivity contribution in [1.82, 2.24) is 4.72 Å². The molecule has 0 fully saturated rings. The van der Waals surface area contributed by atoms with Crippen molar-refractivity contribution >= 4 is 37.6 Å². The van der Waals surface area contributed by atoms with Crippen LogP contribution in [0.3, 0.4) is 0 Å². The summed E-state index contributed by atoms with van der Waals surface area (Å²) in [5.74, 6) is 0. The number of ether oxygens (including phenoxy) is 1. The Morgan fingerprint density at radius 2 is 1.57 bits per heavy atom. The molecule has 1 aliphatic rings. The lowest BCUT2D eigenvalue weighted by atomic mass is 9.99. The summed E-state index contributed by atoms with van der Waals surface area (Å²) in [5.41, 5.74) is 3.77. The fourth-order valence-corrected chi connectivity index (χ4v) is 5.81. The van der Waals surface area contributed by atoms with E-state index in [0.717, 1.165) is 16.7 Å². The van der Waals surface area contributed by atoms with Crippen LogP contribution in [0, 0.1) is 11.3 Å². The van der Waals surface area contributed by atoms with Gasteiger partial charge >= 0.3 is 0 Å². The summed E-state index contributed by atoms with van der Waals surface area (Å²) in [6, 6.07) is 18.6. The molecule has 3 aromatic carbocycles. The summed E-state index contributed by atoms with van der Waals surface area (Å²) >= 11 is 9.40. The van der Waals surface area contributed by atoms with E-state index in [0.29, 0.717) is 33.8 Å². The van der Waals surface area contributed by atoms with Gasteiger partial charge in [0.25, 0.3) is 0 Å². The second kappa shape index (κ2) is 8.50. The average Bonchev–Trinajstić information content (AvgIpc) is 3.19. The number of nitrogens with one attached hydrogen (secondary N) is 1. The van der Waals surface area contributed by atoms with Crippen molar-refractivity contribution in [2.24, 2.45) is 0 Å². The molecule has 1 heterocycles. The number of fused-ring (bicyclic) bond motifs is 1. The van der Waals surface area contributed by atoms with Crippen LogP contribution in [0.2, 0.25) is 5.02 Å². The van der Waals surface area contributed by atoms with E-state index in [2.05, 4.69) is 26.7 Å². The molecule has 5 nitrogen and oxygen atoms in total. The Bertz CT molecular complexity index is 1240. The van der Waals surface area contributed by atoms with E-state index in [-0.39, 0.29) is 4.90 Å². The average molecular weight is 504 g/mol. The number of nitrogens with zero attached hydrogens (tertiary/aromatic N) is 1. The van der Waals surface area contributed by atoms with Gasteiger partial charge in [-0.15, -0.1) is 0 Å². The Morgan fingerprint density at radius 1 is 1.00 bits per heavy atom. The van der Waals surface area contributed by atoms with Gasteiger partial charge in [-0.05, 0) is 74.6 Å². The zero-order valence-corrected chi connectivity index (χ0v) is 18.8. The maximum absolute atomic E-state index is 13.3. The lowest BCUT2D eigenvalue weighted by molar-refractivity contribution is 0.134. The number of hydrogen-bond acceptors (Lipinski definition) is 4. The molecular weight excluding hydrogens is 488 g/mol. The number of benzene rings is 3. The number of sulfonamides is 1. The number of hydrogen-bond donors (Lipinski definition) is 1. The van der Waals surface area contributed by atoms with Crippen LogP contribution < -0.4 is 4.72 Å². The summed E-state index contributed by atoms with van der Waals surface area (Å²) in [6.45, 7) is 0.863. The quantitative estimate of drug-likeness (QED) is 0.527. The summed E-state index contributed by atoms with van der Waals surface area (Å²) in [4.78, 5) is 0.152. The molecule has 1 atom stereocenters. The molecule has 0 saturated carbocycles. The second-order valence-electron chi connectivity index (χ2n) is 6.88. The lowest BCUT2D eigenvalue weighted by Gasteiger charge is -2.21. The first-order chi connectivity index (χ1) is 14.4. The van der Waals surface area contributed by atoms with Crippen molar-refractivity contribution in [3.05, 3.63) is 98.0 Å². The molecule has 0 aliphatic carbocycles. The maximum Gasteiger partial charge on any atom is 0.242 e. The van der Waals surface area contributed by atoms with Crippen LogP contribution >= 0.6 is 27.5 Å². The minimum Gasteiger partial charge on any atom is -0.372 e. The molecule has 3 aromatic rings. The highest BCUT2D eigenvalue weighted by molar-refractivity contribution is 9.10. The molecule has 1 aliphatic heterocycles. The van der Waals surface area contributed by atoms with Gasteiger partial charge in [0, 0.05) is 9.50 Å². The molecule has 0 bridgehead atoms. The van der Waals surface area contributed by atoms with E-state index in [4.69, 9.17) is 21.6 Å². The van der Waals surface area contributed by atoms with Gasteiger partial charge in [-0.2, -0.15) is 9.98 Å². The normalized spacial score (nSPS) is 14.2. The molecule has 1 unspecified atom stereocenters. The Kier molecular flexibility index (Phi) is 5.96. The predicted octanol–water partition coefficient (Wildman–Crippen LogP) is 5.07. The van der Waals surface area contributed by atoms with Crippen LogP contribution in [0.15, 0.2) is 70.0 Å². The van der Waals surface area contributed by atoms with Crippen LogP contribution in [0.1, 0.15) is 33.9 Å².